The van der Waals surface area contributed by atoms with Crippen LogP contribution >= 0.6 is 12.4 Å². The molecule has 0 radical (unpaired) electrons. The first-order valence-electron chi connectivity index (χ1n) is 7.90. The third kappa shape index (κ3) is 4.66. The number of nitro groups is 1. The van der Waals surface area contributed by atoms with Crippen molar-refractivity contribution in [1.29, 1.82) is 0 Å². The molecule has 0 aromatic heterocycles. The molecule has 0 spiro atoms. The van der Waals surface area contributed by atoms with E-state index in [1.807, 2.05) is 12.1 Å². The van der Waals surface area contributed by atoms with E-state index in [1.54, 1.807) is 12.1 Å². The molecule has 1 aliphatic heterocycles. The highest BCUT2D eigenvalue weighted by molar-refractivity contribution is 5.85. The normalized spacial score (nSPS) is 21.4. The lowest BCUT2D eigenvalue weighted by Crippen LogP contribution is -2.39. The quantitative estimate of drug-likeness (QED) is 0.645. The molecule has 1 aliphatic carbocycles. The third-order valence-corrected chi connectivity index (χ3v) is 4.49. The monoisotopic (exact) mass is 325 g/mol. The van der Waals surface area contributed by atoms with Crippen LogP contribution in [0.2, 0.25) is 0 Å². The van der Waals surface area contributed by atoms with Crippen LogP contribution in [0.25, 0.3) is 0 Å². The van der Waals surface area contributed by atoms with Gasteiger partial charge in [0.1, 0.15) is 0 Å². The largest absolute Gasteiger partial charge is 0.316 e. The number of hydrogen-bond donors (Lipinski definition) is 1. The van der Waals surface area contributed by atoms with Gasteiger partial charge in [0, 0.05) is 31.3 Å². The number of halogens is 1. The van der Waals surface area contributed by atoms with Crippen LogP contribution in [0.1, 0.15) is 31.2 Å². The van der Waals surface area contributed by atoms with E-state index in [1.165, 1.54) is 31.2 Å². The molecule has 0 bridgehead atoms. The molecule has 5 nitrogen and oxygen atoms in total. The summed E-state index contributed by atoms with van der Waals surface area (Å²) in [5.74, 6) is 0.748. The summed E-state index contributed by atoms with van der Waals surface area (Å²) in [6.07, 6.45) is 5.19. The van der Waals surface area contributed by atoms with Crippen LogP contribution < -0.4 is 5.32 Å². The maximum Gasteiger partial charge on any atom is 0.269 e. The van der Waals surface area contributed by atoms with Crippen molar-refractivity contribution in [2.75, 3.05) is 19.6 Å². The van der Waals surface area contributed by atoms with E-state index in [4.69, 9.17) is 0 Å². The van der Waals surface area contributed by atoms with Gasteiger partial charge in [-0.1, -0.05) is 12.1 Å². The number of nitro benzene ring substituents is 1. The van der Waals surface area contributed by atoms with Gasteiger partial charge in [-0.3, -0.25) is 15.0 Å². The second-order valence-corrected chi connectivity index (χ2v) is 6.30. The zero-order valence-electron chi connectivity index (χ0n) is 12.7. The Morgan fingerprint density at radius 3 is 2.50 bits per heavy atom. The van der Waals surface area contributed by atoms with E-state index in [2.05, 4.69) is 10.2 Å². The molecule has 1 saturated heterocycles. The standard InChI is InChI=1S/C16H23N3O2.ClH/c20-19(21)16-5-3-13(4-6-16)11-18(15-7-8-15)12-14-2-1-9-17-10-14;/h3-6,14-15,17H,1-2,7-12H2;1H. The van der Waals surface area contributed by atoms with E-state index >= 15 is 0 Å². The van der Waals surface area contributed by atoms with Crippen molar-refractivity contribution in [3.63, 3.8) is 0 Å². The summed E-state index contributed by atoms with van der Waals surface area (Å²) >= 11 is 0. The number of benzene rings is 1. The average molecular weight is 326 g/mol. The molecule has 1 aromatic rings. The Morgan fingerprint density at radius 1 is 1.23 bits per heavy atom. The molecule has 3 rings (SSSR count). The number of nitrogens with zero attached hydrogens (tertiary/aromatic N) is 2. The van der Waals surface area contributed by atoms with Crippen molar-refractivity contribution in [1.82, 2.24) is 10.2 Å². The van der Waals surface area contributed by atoms with Crippen LogP contribution in [0.5, 0.6) is 0 Å². The highest BCUT2D eigenvalue weighted by Crippen LogP contribution is 2.30. The first kappa shape index (κ1) is 17.2. The molecule has 1 saturated carbocycles. The third-order valence-electron chi connectivity index (χ3n) is 4.49. The van der Waals surface area contributed by atoms with Crippen molar-refractivity contribution in [3.8, 4) is 0 Å². The van der Waals surface area contributed by atoms with Gasteiger partial charge >= 0.3 is 0 Å². The van der Waals surface area contributed by atoms with Gasteiger partial charge in [-0.2, -0.15) is 0 Å². The lowest BCUT2D eigenvalue weighted by atomic mass is 9.98. The predicted molar refractivity (Wildman–Crippen MR) is 89.4 cm³/mol. The van der Waals surface area contributed by atoms with Crippen LogP contribution in [0.4, 0.5) is 5.69 Å². The SMILES string of the molecule is Cl.O=[N+]([O-])c1ccc(CN(CC2CCCNC2)C2CC2)cc1. The van der Waals surface area contributed by atoms with Crippen molar-refractivity contribution >= 4 is 18.1 Å². The molecule has 2 aliphatic rings. The van der Waals surface area contributed by atoms with Crippen LogP contribution in [-0.4, -0.2) is 35.5 Å². The minimum Gasteiger partial charge on any atom is -0.316 e. The molecule has 1 aromatic carbocycles. The lowest BCUT2D eigenvalue weighted by molar-refractivity contribution is -0.384. The summed E-state index contributed by atoms with van der Waals surface area (Å²) in [4.78, 5) is 12.9. The summed E-state index contributed by atoms with van der Waals surface area (Å²) in [5, 5.41) is 14.2. The topological polar surface area (TPSA) is 58.4 Å². The Hall–Kier alpha value is -1.17. The smallest absolute Gasteiger partial charge is 0.269 e. The lowest BCUT2D eigenvalue weighted by Gasteiger charge is -2.30. The van der Waals surface area contributed by atoms with Crippen molar-refractivity contribution in [2.45, 2.75) is 38.3 Å². The average Bonchev–Trinajstić information content (AvgIpc) is 3.33. The zero-order chi connectivity index (χ0) is 14.7. The van der Waals surface area contributed by atoms with E-state index in [9.17, 15) is 10.1 Å². The zero-order valence-corrected chi connectivity index (χ0v) is 13.6. The number of hydrogen-bond acceptors (Lipinski definition) is 4. The summed E-state index contributed by atoms with van der Waals surface area (Å²) in [7, 11) is 0. The molecule has 6 heteroatoms. The number of piperidine rings is 1. The van der Waals surface area contributed by atoms with E-state index in [0.29, 0.717) is 0 Å². The first-order chi connectivity index (χ1) is 10.2. The van der Waals surface area contributed by atoms with E-state index in [-0.39, 0.29) is 23.0 Å². The molecule has 1 heterocycles. The molecule has 2 fully saturated rings. The van der Waals surface area contributed by atoms with Crippen LogP contribution in [0.3, 0.4) is 0 Å². The summed E-state index contributed by atoms with van der Waals surface area (Å²) in [6.45, 7) is 4.35. The Balaban J connectivity index is 0.00000176. The highest BCUT2D eigenvalue weighted by atomic mass is 35.5. The van der Waals surface area contributed by atoms with Crippen LogP contribution in [-0.2, 0) is 6.54 Å². The fourth-order valence-electron chi connectivity index (χ4n) is 3.15. The van der Waals surface area contributed by atoms with Gasteiger partial charge in [0.2, 0.25) is 0 Å². The molecule has 0 amide bonds. The summed E-state index contributed by atoms with van der Waals surface area (Å²) in [6, 6.07) is 7.74. The number of nitrogens with one attached hydrogen (secondary N) is 1. The summed E-state index contributed by atoms with van der Waals surface area (Å²) in [5.41, 5.74) is 1.35. The first-order valence-corrected chi connectivity index (χ1v) is 7.90. The van der Waals surface area contributed by atoms with Gasteiger partial charge < -0.3 is 5.32 Å². The van der Waals surface area contributed by atoms with Crippen molar-refractivity contribution in [3.05, 3.63) is 39.9 Å². The maximum atomic E-state index is 10.7. The minimum atomic E-state index is -0.337. The molecule has 1 N–H and O–H groups in total. The molecular formula is C16H24ClN3O2. The van der Waals surface area contributed by atoms with Crippen molar-refractivity contribution in [2.24, 2.45) is 5.92 Å². The molecule has 1 unspecified atom stereocenters. The van der Waals surface area contributed by atoms with E-state index in [0.717, 1.165) is 38.1 Å². The maximum absolute atomic E-state index is 10.7. The Labute approximate surface area is 137 Å². The molecular weight excluding hydrogens is 302 g/mol. The highest BCUT2D eigenvalue weighted by Gasteiger charge is 2.30. The summed E-state index contributed by atoms with van der Waals surface area (Å²) < 4.78 is 0. The predicted octanol–water partition coefficient (Wildman–Crippen LogP) is 2.98. The minimum absolute atomic E-state index is 0. The van der Waals surface area contributed by atoms with Gasteiger partial charge in [-0.05, 0) is 50.3 Å². The molecule has 1 atom stereocenters. The number of rotatable bonds is 6. The number of non-ortho nitro benzene ring substituents is 1. The fourth-order valence-corrected chi connectivity index (χ4v) is 3.15. The van der Waals surface area contributed by atoms with E-state index < -0.39 is 0 Å². The Morgan fingerprint density at radius 2 is 1.95 bits per heavy atom. The molecule has 22 heavy (non-hydrogen) atoms. The fraction of sp³-hybridized carbons (Fsp3) is 0.625. The van der Waals surface area contributed by atoms with Crippen LogP contribution in [0.15, 0.2) is 24.3 Å². The van der Waals surface area contributed by atoms with Crippen molar-refractivity contribution < 1.29 is 4.92 Å². The van der Waals surface area contributed by atoms with Gasteiger partial charge in [-0.25, -0.2) is 0 Å². The van der Waals surface area contributed by atoms with Gasteiger partial charge in [0.15, 0.2) is 0 Å². The van der Waals surface area contributed by atoms with Gasteiger partial charge in [-0.15, -0.1) is 12.4 Å². The van der Waals surface area contributed by atoms with Gasteiger partial charge in [0.05, 0.1) is 4.92 Å². The Bertz CT molecular complexity index is 485. The second-order valence-electron chi connectivity index (χ2n) is 6.30. The van der Waals surface area contributed by atoms with Crippen LogP contribution in [0, 0.1) is 16.0 Å². The second kappa shape index (κ2) is 7.90. The Kier molecular flexibility index (Phi) is 6.17. The molecule has 122 valence electrons. The van der Waals surface area contributed by atoms with Gasteiger partial charge in [0.25, 0.3) is 5.69 Å².